The molecule has 0 aliphatic carbocycles. The third-order valence-corrected chi connectivity index (χ3v) is 9.70. The molecule has 1 N–H and O–H groups in total. The van der Waals surface area contributed by atoms with Gasteiger partial charge < -0.3 is 15.0 Å². The van der Waals surface area contributed by atoms with E-state index < -0.39 is 10.0 Å². The van der Waals surface area contributed by atoms with Crippen LogP contribution in [0.15, 0.2) is 77.7 Å². The zero-order valence-electron chi connectivity index (χ0n) is 24.9. The van der Waals surface area contributed by atoms with Crippen molar-refractivity contribution in [1.29, 1.82) is 0 Å². The number of hydrogen-bond donors (Lipinski definition) is 1. The number of nitrogens with one attached hydrogen (secondary N) is 1. The SMILES string of the molecule is CCCCCCOc1cccc(NCCCN2CCCN(S(=O)(=O)c3ccc(C)cc3)CC2)c1Cc1ccccc1. The first-order valence-corrected chi connectivity index (χ1v) is 16.7. The van der Waals surface area contributed by atoms with Crippen LogP contribution in [0.3, 0.4) is 0 Å². The summed E-state index contributed by atoms with van der Waals surface area (Å²) in [5, 5.41) is 3.69. The highest BCUT2D eigenvalue weighted by molar-refractivity contribution is 7.89. The molecule has 222 valence electrons. The van der Waals surface area contributed by atoms with Gasteiger partial charge in [0.15, 0.2) is 0 Å². The van der Waals surface area contributed by atoms with Crippen LogP contribution in [0, 0.1) is 6.92 Å². The van der Waals surface area contributed by atoms with E-state index in [1.165, 1.54) is 30.4 Å². The summed E-state index contributed by atoms with van der Waals surface area (Å²) in [6, 6.07) is 24.1. The highest BCUT2D eigenvalue weighted by atomic mass is 32.2. The van der Waals surface area contributed by atoms with Gasteiger partial charge in [0.1, 0.15) is 5.75 Å². The first kappa shape index (κ1) is 31.1. The van der Waals surface area contributed by atoms with Crippen LogP contribution in [0.1, 0.15) is 62.1 Å². The molecule has 1 heterocycles. The van der Waals surface area contributed by atoms with Gasteiger partial charge in [-0.3, -0.25) is 0 Å². The fourth-order valence-corrected chi connectivity index (χ4v) is 6.83. The van der Waals surface area contributed by atoms with Gasteiger partial charge in [0.25, 0.3) is 0 Å². The molecular weight excluding hydrogens is 530 g/mol. The van der Waals surface area contributed by atoms with Crippen molar-refractivity contribution in [3.05, 3.63) is 89.5 Å². The Morgan fingerprint density at radius 3 is 2.41 bits per heavy atom. The van der Waals surface area contributed by atoms with Crippen LogP contribution in [0.25, 0.3) is 0 Å². The number of nitrogens with zero attached hydrogens (tertiary/aromatic N) is 2. The van der Waals surface area contributed by atoms with Crippen molar-refractivity contribution in [2.45, 2.75) is 63.7 Å². The Hall–Kier alpha value is -2.87. The van der Waals surface area contributed by atoms with Gasteiger partial charge in [-0.25, -0.2) is 8.42 Å². The molecule has 0 aromatic heterocycles. The van der Waals surface area contributed by atoms with Gasteiger partial charge in [0, 0.05) is 43.9 Å². The van der Waals surface area contributed by atoms with Gasteiger partial charge in [0.05, 0.1) is 11.5 Å². The summed E-state index contributed by atoms with van der Waals surface area (Å²) in [6.45, 7) is 9.51. The van der Waals surface area contributed by atoms with Crippen LogP contribution < -0.4 is 10.1 Å². The Morgan fingerprint density at radius 1 is 0.829 bits per heavy atom. The number of aryl methyl sites for hydroxylation is 1. The summed E-state index contributed by atoms with van der Waals surface area (Å²) in [5.74, 6) is 0.970. The molecule has 41 heavy (non-hydrogen) atoms. The smallest absolute Gasteiger partial charge is 0.243 e. The first-order valence-electron chi connectivity index (χ1n) is 15.3. The lowest BCUT2D eigenvalue weighted by atomic mass is 10.0. The Bertz CT molecular complexity index is 1300. The third kappa shape index (κ3) is 9.32. The Balaban J connectivity index is 1.31. The zero-order chi connectivity index (χ0) is 28.9. The minimum atomic E-state index is -3.45. The van der Waals surface area contributed by atoms with E-state index in [0.717, 1.165) is 75.5 Å². The predicted molar refractivity (Wildman–Crippen MR) is 169 cm³/mol. The standard InChI is InChI=1S/C34H47N3O3S/c1-3-4-5-9-27-40-34-16-10-15-33(32(34)28-30-13-7-6-8-14-30)35-21-11-22-36-23-12-24-37(26-25-36)41(38,39)31-19-17-29(2)18-20-31/h6-8,10,13-20,35H,3-5,9,11-12,21-28H2,1-2H3. The molecule has 7 heteroatoms. The Labute approximate surface area is 247 Å². The third-order valence-electron chi connectivity index (χ3n) is 7.79. The van der Waals surface area contributed by atoms with E-state index in [4.69, 9.17) is 4.74 Å². The van der Waals surface area contributed by atoms with Gasteiger partial charge in [-0.05, 0) is 69.1 Å². The summed E-state index contributed by atoms with van der Waals surface area (Å²) >= 11 is 0. The average molecular weight is 578 g/mol. The highest BCUT2D eigenvalue weighted by Crippen LogP contribution is 2.30. The molecule has 0 unspecified atom stereocenters. The molecule has 1 aliphatic heterocycles. The number of rotatable bonds is 15. The predicted octanol–water partition coefficient (Wildman–Crippen LogP) is 6.74. The molecule has 0 spiro atoms. The van der Waals surface area contributed by atoms with Crippen LogP contribution in [0.5, 0.6) is 5.75 Å². The van der Waals surface area contributed by atoms with Gasteiger partial charge in [-0.1, -0.05) is 80.3 Å². The quantitative estimate of drug-likeness (QED) is 0.203. The molecule has 6 nitrogen and oxygen atoms in total. The lowest BCUT2D eigenvalue weighted by molar-refractivity contribution is 0.285. The van der Waals surface area contributed by atoms with Crippen LogP contribution in [0.4, 0.5) is 5.69 Å². The van der Waals surface area contributed by atoms with Crippen LogP contribution in [0.2, 0.25) is 0 Å². The van der Waals surface area contributed by atoms with Gasteiger partial charge in [0.2, 0.25) is 10.0 Å². The molecule has 0 radical (unpaired) electrons. The molecule has 1 saturated heterocycles. The second-order valence-electron chi connectivity index (χ2n) is 11.0. The van der Waals surface area contributed by atoms with Crippen LogP contribution in [-0.4, -0.2) is 63.5 Å². The molecule has 0 amide bonds. The van der Waals surface area contributed by atoms with Gasteiger partial charge in [-0.15, -0.1) is 0 Å². The number of benzene rings is 3. The number of anilines is 1. The van der Waals surface area contributed by atoms with Gasteiger partial charge in [-0.2, -0.15) is 4.31 Å². The Kier molecular flexibility index (Phi) is 12.1. The first-order chi connectivity index (χ1) is 20.0. The number of unbranched alkanes of at least 4 members (excludes halogenated alkanes) is 3. The second-order valence-corrected chi connectivity index (χ2v) is 13.0. The maximum atomic E-state index is 13.2. The molecule has 1 fully saturated rings. The molecule has 4 rings (SSSR count). The van der Waals surface area contributed by atoms with Crippen molar-refractivity contribution in [3.63, 3.8) is 0 Å². The van der Waals surface area contributed by atoms with Crippen molar-refractivity contribution in [1.82, 2.24) is 9.21 Å². The fraction of sp³-hybridized carbons (Fsp3) is 0.471. The van der Waals surface area contributed by atoms with E-state index in [9.17, 15) is 8.42 Å². The average Bonchev–Trinajstić information content (AvgIpc) is 3.23. The van der Waals surface area contributed by atoms with Crippen molar-refractivity contribution < 1.29 is 13.2 Å². The molecular formula is C34H47N3O3S. The normalized spacial score (nSPS) is 15.0. The summed E-state index contributed by atoms with van der Waals surface area (Å²) < 4.78 is 34.3. The summed E-state index contributed by atoms with van der Waals surface area (Å²) in [4.78, 5) is 2.78. The van der Waals surface area contributed by atoms with Crippen molar-refractivity contribution in [2.24, 2.45) is 0 Å². The van der Waals surface area contributed by atoms with E-state index in [-0.39, 0.29) is 0 Å². The molecule has 1 aliphatic rings. The van der Waals surface area contributed by atoms with E-state index in [1.807, 2.05) is 19.1 Å². The van der Waals surface area contributed by atoms with E-state index in [2.05, 4.69) is 65.7 Å². The Morgan fingerprint density at radius 2 is 1.63 bits per heavy atom. The van der Waals surface area contributed by atoms with Crippen molar-refractivity contribution >= 4 is 15.7 Å². The van der Waals surface area contributed by atoms with E-state index in [0.29, 0.717) is 18.0 Å². The van der Waals surface area contributed by atoms with Crippen LogP contribution >= 0.6 is 0 Å². The zero-order valence-corrected chi connectivity index (χ0v) is 25.7. The van der Waals surface area contributed by atoms with Crippen molar-refractivity contribution in [3.8, 4) is 5.75 Å². The second kappa shape index (κ2) is 15.9. The summed E-state index contributed by atoms with van der Waals surface area (Å²) in [7, 11) is -3.45. The molecule has 0 bridgehead atoms. The monoisotopic (exact) mass is 577 g/mol. The van der Waals surface area contributed by atoms with E-state index >= 15 is 0 Å². The lowest BCUT2D eigenvalue weighted by Crippen LogP contribution is -2.35. The molecule has 0 atom stereocenters. The van der Waals surface area contributed by atoms with Gasteiger partial charge >= 0.3 is 0 Å². The minimum absolute atomic E-state index is 0.388. The lowest BCUT2D eigenvalue weighted by Gasteiger charge is -2.22. The van der Waals surface area contributed by atoms with E-state index in [1.54, 1.807) is 16.4 Å². The largest absolute Gasteiger partial charge is 0.493 e. The molecule has 0 saturated carbocycles. The maximum absolute atomic E-state index is 13.2. The van der Waals surface area contributed by atoms with Crippen LogP contribution in [-0.2, 0) is 16.4 Å². The highest BCUT2D eigenvalue weighted by Gasteiger charge is 2.26. The van der Waals surface area contributed by atoms with Crippen molar-refractivity contribution in [2.75, 3.05) is 51.2 Å². The molecule has 3 aromatic carbocycles. The topological polar surface area (TPSA) is 61.9 Å². The molecule has 3 aromatic rings. The fourth-order valence-electron chi connectivity index (χ4n) is 5.36. The summed E-state index contributed by atoms with van der Waals surface area (Å²) in [5.41, 5.74) is 4.67. The minimum Gasteiger partial charge on any atom is -0.493 e. The number of sulfonamides is 1. The number of ether oxygens (including phenoxy) is 1. The number of hydrogen-bond acceptors (Lipinski definition) is 5. The maximum Gasteiger partial charge on any atom is 0.243 e. The summed E-state index contributed by atoms with van der Waals surface area (Å²) in [6.07, 6.45) is 7.41.